The molecule has 5 rings (SSSR count). The van der Waals surface area contributed by atoms with Gasteiger partial charge >= 0.3 is 0 Å². The van der Waals surface area contributed by atoms with E-state index in [1.165, 1.54) is 16.8 Å². The molecule has 1 N–H and O–H groups in total. The summed E-state index contributed by atoms with van der Waals surface area (Å²) in [7, 11) is 0. The number of carbonyl (C=O) groups excluding carboxylic acids is 1. The molecular weight excluding hydrogens is 390 g/mol. The second kappa shape index (κ2) is 7.33. The third kappa shape index (κ3) is 3.16. The molecule has 0 atom stereocenters. The van der Waals surface area contributed by atoms with Gasteiger partial charge in [-0.05, 0) is 54.1 Å². The molecule has 1 aromatic carbocycles. The highest BCUT2D eigenvalue weighted by Gasteiger charge is 2.26. The number of amides is 1. The number of fused-ring (bicyclic) bond motifs is 1. The van der Waals surface area contributed by atoms with Gasteiger partial charge < -0.3 is 14.3 Å². The molecule has 0 saturated carbocycles. The van der Waals surface area contributed by atoms with Crippen LogP contribution < -0.4 is 5.32 Å². The first kappa shape index (κ1) is 17.3. The van der Waals surface area contributed by atoms with E-state index in [4.69, 9.17) is 4.42 Å². The van der Waals surface area contributed by atoms with Crippen LogP contribution in [0.25, 0.3) is 16.3 Å². The summed E-state index contributed by atoms with van der Waals surface area (Å²) >= 11 is 3.65. The number of nitrogens with one attached hydrogen (secondary N) is 1. The highest BCUT2D eigenvalue weighted by atomic mass is 32.2. The van der Waals surface area contributed by atoms with Crippen molar-refractivity contribution in [3.05, 3.63) is 77.4 Å². The molecule has 1 aliphatic rings. The molecule has 0 radical (unpaired) electrons. The Hall–Kier alpha value is -2.77. The van der Waals surface area contributed by atoms with Crippen molar-refractivity contribution in [1.82, 2.24) is 9.55 Å². The largest absolute Gasteiger partial charge is 0.444 e. The number of hydrogen-bond donors (Lipinski definition) is 1. The van der Waals surface area contributed by atoms with Crippen LogP contribution in [-0.4, -0.2) is 21.2 Å². The van der Waals surface area contributed by atoms with Gasteiger partial charge in [-0.15, -0.1) is 11.3 Å². The maximum atomic E-state index is 13.2. The fraction of sp³-hybridized carbons (Fsp3) is 0.143. The first-order valence-electron chi connectivity index (χ1n) is 8.95. The topological polar surface area (TPSA) is 60.1 Å². The smallest absolute Gasteiger partial charge is 0.258 e. The summed E-state index contributed by atoms with van der Waals surface area (Å²) in [4.78, 5) is 18.5. The molecule has 0 saturated heterocycles. The predicted octanol–water partition coefficient (Wildman–Crippen LogP) is 5.24. The molecule has 1 aliphatic heterocycles. The first-order valence-corrected chi connectivity index (χ1v) is 10.9. The van der Waals surface area contributed by atoms with Gasteiger partial charge in [-0.3, -0.25) is 4.79 Å². The minimum Gasteiger partial charge on any atom is -0.444 e. The Balaban J connectivity index is 1.46. The van der Waals surface area contributed by atoms with Crippen LogP contribution in [0.3, 0.4) is 0 Å². The quantitative estimate of drug-likeness (QED) is 0.503. The molecule has 140 valence electrons. The highest BCUT2D eigenvalue weighted by Crippen LogP contribution is 2.38. The van der Waals surface area contributed by atoms with E-state index >= 15 is 0 Å². The van der Waals surface area contributed by atoms with E-state index in [9.17, 15) is 4.79 Å². The number of oxazole rings is 1. The summed E-state index contributed by atoms with van der Waals surface area (Å²) in [6.07, 6.45) is 8.00. The second-order valence-corrected chi connectivity index (χ2v) is 8.66. The molecule has 4 heterocycles. The number of thioether (sulfide) groups is 1. The summed E-state index contributed by atoms with van der Waals surface area (Å²) < 4.78 is 7.35. The zero-order valence-electron chi connectivity index (χ0n) is 14.9. The molecule has 4 aromatic rings. The average Bonchev–Trinajstić information content (AvgIpc) is 3.48. The molecule has 1 amide bonds. The van der Waals surface area contributed by atoms with Crippen molar-refractivity contribution < 1.29 is 9.21 Å². The van der Waals surface area contributed by atoms with Gasteiger partial charge in [0, 0.05) is 34.3 Å². The van der Waals surface area contributed by atoms with Crippen LogP contribution in [0.2, 0.25) is 0 Å². The predicted molar refractivity (Wildman–Crippen MR) is 113 cm³/mol. The number of hydrogen-bond acceptors (Lipinski definition) is 5. The van der Waals surface area contributed by atoms with Crippen LogP contribution >= 0.6 is 23.1 Å². The molecule has 0 unspecified atom stereocenters. The summed E-state index contributed by atoms with van der Waals surface area (Å²) in [6, 6.07) is 11.6. The van der Waals surface area contributed by atoms with Crippen LogP contribution in [0, 0.1) is 0 Å². The number of nitrogens with zero attached hydrogens (tertiary/aromatic N) is 2. The van der Waals surface area contributed by atoms with Gasteiger partial charge in [0.2, 0.25) is 0 Å². The zero-order chi connectivity index (χ0) is 18.9. The third-order valence-electron chi connectivity index (χ3n) is 4.73. The van der Waals surface area contributed by atoms with Gasteiger partial charge in [0.15, 0.2) is 12.2 Å². The molecule has 0 fully saturated rings. The Morgan fingerprint density at radius 2 is 2.00 bits per heavy atom. The average molecular weight is 408 g/mol. The lowest BCUT2D eigenvalue weighted by Crippen LogP contribution is -2.16. The van der Waals surface area contributed by atoms with Crippen LogP contribution in [-0.2, 0) is 12.2 Å². The minimum atomic E-state index is -0.0551. The lowest BCUT2D eigenvalue weighted by Gasteiger charge is -2.13. The summed E-state index contributed by atoms with van der Waals surface area (Å²) in [6.45, 7) is 0. The number of thiophene rings is 1. The van der Waals surface area contributed by atoms with Crippen molar-refractivity contribution in [2.24, 2.45) is 0 Å². The van der Waals surface area contributed by atoms with Crippen molar-refractivity contribution in [1.29, 1.82) is 0 Å². The minimum absolute atomic E-state index is 0.0551. The van der Waals surface area contributed by atoms with E-state index < -0.39 is 0 Å². The van der Waals surface area contributed by atoms with E-state index in [1.54, 1.807) is 17.5 Å². The number of rotatable bonds is 4. The third-order valence-corrected chi connectivity index (χ3v) is 7.14. The Morgan fingerprint density at radius 3 is 2.75 bits per heavy atom. The monoisotopic (exact) mass is 407 g/mol. The molecule has 28 heavy (non-hydrogen) atoms. The van der Waals surface area contributed by atoms with E-state index in [2.05, 4.69) is 10.3 Å². The molecule has 0 aliphatic carbocycles. The van der Waals surface area contributed by atoms with E-state index in [1.807, 2.05) is 65.1 Å². The van der Waals surface area contributed by atoms with Crippen molar-refractivity contribution >= 4 is 34.7 Å². The van der Waals surface area contributed by atoms with Gasteiger partial charge in [-0.25, -0.2) is 4.98 Å². The highest BCUT2D eigenvalue weighted by molar-refractivity contribution is 7.98. The van der Waals surface area contributed by atoms with E-state index in [-0.39, 0.29) is 5.91 Å². The Labute approximate surface area is 170 Å². The normalized spacial score (nSPS) is 13.3. The standard InChI is InChI=1S/C21H17N3O2S2/c25-20(23-15-5-3-14(4-6-15)17-11-22-13-26-17)19-16-7-10-27-12-18(16)28-21(19)24-8-1-2-9-24/h1-6,8-9,11,13H,7,10,12H2,(H,23,25). The molecule has 7 heteroatoms. The molecule has 3 aromatic heterocycles. The second-order valence-electron chi connectivity index (χ2n) is 6.47. The molecule has 0 spiro atoms. The van der Waals surface area contributed by atoms with Gasteiger partial charge in [-0.2, -0.15) is 11.8 Å². The zero-order valence-corrected chi connectivity index (χ0v) is 16.6. The Bertz CT molecular complexity index is 1100. The molecule has 5 nitrogen and oxygen atoms in total. The fourth-order valence-electron chi connectivity index (χ4n) is 3.37. The summed E-state index contributed by atoms with van der Waals surface area (Å²) in [5.74, 6) is 2.69. The van der Waals surface area contributed by atoms with Crippen molar-refractivity contribution in [2.45, 2.75) is 12.2 Å². The first-order chi connectivity index (χ1) is 13.8. The van der Waals surface area contributed by atoms with Crippen LogP contribution in [0.15, 0.2) is 65.8 Å². The van der Waals surface area contributed by atoms with Crippen LogP contribution in [0.4, 0.5) is 5.69 Å². The maximum absolute atomic E-state index is 13.2. The molecular formula is C21H17N3O2S2. The van der Waals surface area contributed by atoms with Gasteiger partial charge in [0.1, 0.15) is 5.00 Å². The Morgan fingerprint density at radius 1 is 1.18 bits per heavy atom. The van der Waals surface area contributed by atoms with Gasteiger partial charge in [0.25, 0.3) is 5.91 Å². The van der Waals surface area contributed by atoms with Gasteiger partial charge in [0.05, 0.1) is 11.8 Å². The fourth-order valence-corrected chi connectivity index (χ4v) is 5.82. The lowest BCUT2D eigenvalue weighted by molar-refractivity contribution is 0.102. The van der Waals surface area contributed by atoms with Crippen molar-refractivity contribution in [3.63, 3.8) is 0 Å². The SMILES string of the molecule is O=C(Nc1ccc(-c2cnco2)cc1)c1c(-n2cccc2)sc2c1CCSC2. The van der Waals surface area contributed by atoms with E-state index in [0.29, 0.717) is 5.76 Å². The van der Waals surface area contributed by atoms with Crippen molar-refractivity contribution in [2.75, 3.05) is 11.1 Å². The number of aromatic nitrogens is 2. The lowest BCUT2D eigenvalue weighted by atomic mass is 10.1. The van der Waals surface area contributed by atoms with Crippen LogP contribution in [0.1, 0.15) is 20.8 Å². The van der Waals surface area contributed by atoms with Gasteiger partial charge in [-0.1, -0.05) is 0 Å². The molecule has 0 bridgehead atoms. The summed E-state index contributed by atoms with van der Waals surface area (Å²) in [5.41, 5.74) is 3.68. The number of anilines is 1. The Kier molecular flexibility index (Phi) is 4.54. The van der Waals surface area contributed by atoms with E-state index in [0.717, 1.165) is 39.7 Å². The van der Waals surface area contributed by atoms with Crippen molar-refractivity contribution in [3.8, 4) is 16.3 Å². The number of benzene rings is 1. The maximum Gasteiger partial charge on any atom is 0.258 e. The van der Waals surface area contributed by atoms with Crippen LogP contribution in [0.5, 0.6) is 0 Å². The summed E-state index contributed by atoms with van der Waals surface area (Å²) in [5, 5.41) is 4.06. The number of carbonyl (C=O) groups is 1.